The van der Waals surface area contributed by atoms with Crippen molar-refractivity contribution < 1.29 is 21.5 Å². The number of carbonyl (C=O) groups excluding carboxylic acids is 1. The van der Waals surface area contributed by atoms with E-state index in [1.165, 1.54) is 109 Å². The summed E-state index contributed by atoms with van der Waals surface area (Å²) in [6.07, 6.45) is 27.5. The Balaban J connectivity index is 0.000000343. The molecule has 0 aliphatic heterocycles. The maximum atomic E-state index is 12.4. The van der Waals surface area contributed by atoms with Gasteiger partial charge in [0.25, 0.3) is 0 Å². The van der Waals surface area contributed by atoms with Crippen molar-refractivity contribution in [2.75, 3.05) is 13.3 Å². The monoisotopic (exact) mass is 1110 g/mol. The van der Waals surface area contributed by atoms with E-state index >= 15 is 0 Å². The van der Waals surface area contributed by atoms with Gasteiger partial charge in [-0.2, -0.15) is 44.7 Å². The SMILES string of the molecule is C.CC(=O)[C@@H]1CCCC[C@H]2[C@@H]3CC[C@@H]4C[C@](C)(O)CC[C@@H]4[C@H]3CC[C@]12C.CC(O)[C@@H]1CCCC[C@H]2[C@@H]3CC[C@@H]4C[C@](C)(O)CC[C@@H]4[C@H]3CC[C@]12C.CPC.C[B]I.C[B]I.[2H]CC. The van der Waals surface area contributed by atoms with Crippen molar-refractivity contribution in [2.45, 2.75) is 235 Å². The summed E-state index contributed by atoms with van der Waals surface area (Å²) in [4.78, 5) is 12.4. The lowest BCUT2D eigenvalue weighted by Gasteiger charge is -2.59. The van der Waals surface area contributed by atoms with E-state index in [1.54, 1.807) is 6.92 Å². The molecule has 9 heteroatoms. The van der Waals surface area contributed by atoms with Crippen molar-refractivity contribution >= 4 is 69.4 Å². The lowest BCUT2D eigenvalue weighted by Crippen LogP contribution is -2.53. The summed E-state index contributed by atoms with van der Waals surface area (Å²) in [7, 11) is 1.08. The van der Waals surface area contributed by atoms with Crippen molar-refractivity contribution in [2.24, 2.45) is 81.8 Å². The number of Topliss-reactive ketones (excluding diaryl/α,β-unsaturated/α-hetero) is 1. The number of hydrogen-bond acceptors (Lipinski definition) is 4. The molecule has 0 spiro atoms. The van der Waals surface area contributed by atoms with Crippen molar-refractivity contribution in [1.82, 2.24) is 0 Å². The van der Waals surface area contributed by atoms with Crippen LogP contribution in [0.2, 0.25) is 13.6 Å². The maximum Gasteiger partial charge on any atom is 0.196 e. The molecule has 8 aliphatic carbocycles. The van der Waals surface area contributed by atoms with Gasteiger partial charge in [0.1, 0.15) is 5.78 Å². The molecule has 0 aromatic carbocycles. The molecule has 0 saturated heterocycles. The fourth-order valence-corrected chi connectivity index (χ4v) is 16.4. The summed E-state index contributed by atoms with van der Waals surface area (Å²) in [5.41, 5.74) is -0.203. The highest BCUT2D eigenvalue weighted by atomic mass is 127. The molecule has 8 saturated carbocycles. The molecule has 2 radical (unpaired) electrons. The molecule has 8 fully saturated rings. The molecule has 0 aromatic rings. The molecule has 0 amide bonds. The zero-order valence-electron chi connectivity index (χ0n) is 42.4. The van der Waals surface area contributed by atoms with Crippen LogP contribution in [0.15, 0.2) is 0 Å². The molecule has 8 rings (SSSR count). The summed E-state index contributed by atoms with van der Waals surface area (Å²) >= 11 is 4.33. The van der Waals surface area contributed by atoms with Crippen molar-refractivity contribution in [3.63, 3.8) is 0 Å². The van der Waals surface area contributed by atoms with Gasteiger partial charge in [0.05, 0.1) is 17.3 Å². The Morgan fingerprint density at radius 2 is 1.00 bits per heavy atom. The second-order valence-corrected chi connectivity index (χ2v) is 25.9. The Bertz CT molecular complexity index is 1290. The van der Waals surface area contributed by atoms with E-state index in [0.717, 1.165) is 99.9 Å². The molecule has 0 aromatic heterocycles. The standard InChI is InChI=1S/C23H40O2.C23H38O2.C2H7P.C2H6.2CH3BI.CH4/c2*1-15(24)20-6-4-5-7-21-19-9-8-16-14-22(2,25)12-10-17(16)18(19)11-13-23(20,21)3;1-3-2;1-2;2*1-2-3;/h15-21,24-25H,4-14H2,1-3H3;16-21,25H,4-14H2,1-3H3;3H,1-2H3;1-2H3;2*1H3;1H4/t15?,16-,17+,18-,19-,20+,21+,22-,23-;16-,17+,18-,19-,20+,21+,22-,23-;;;;;/m11...../s1/i;;;1D;;;. The van der Waals surface area contributed by atoms with Crippen LogP contribution in [-0.4, -0.2) is 62.0 Å². The lowest BCUT2D eigenvalue weighted by atomic mass is 9.46. The van der Waals surface area contributed by atoms with Crippen LogP contribution in [0.4, 0.5) is 0 Å². The summed E-state index contributed by atoms with van der Waals surface area (Å²) in [6.45, 7) is 23.6. The number of hydrogen-bond donors (Lipinski definition) is 3. The number of rotatable bonds is 2. The van der Waals surface area contributed by atoms with E-state index in [4.69, 9.17) is 1.37 Å². The van der Waals surface area contributed by atoms with Gasteiger partial charge in [-0.25, -0.2) is 0 Å². The van der Waals surface area contributed by atoms with E-state index < -0.39 is 11.2 Å². The third kappa shape index (κ3) is 14.8. The molecular weight excluding hydrogens is 1010 g/mol. The average Bonchev–Trinajstić information content (AvgIpc) is 3.49. The van der Waals surface area contributed by atoms with Gasteiger partial charge in [-0.3, -0.25) is 4.79 Å². The lowest BCUT2D eigenvalue weighted by molar-refractivity contribution is -0.138. The fourth-order valence-electron chi connectivity index (χ4n) is 16.4. The van der Waals surface area contributed by atoms with Gasteiger partial charge in [0.15, 0.2) is 10.3 Å². The van der Waals surface area contributed by atoms with Crippen LogP contribution in [-0.2, 0) is 4.79 Å². The predicted octanol–water partition coefficient (Wildman–Crippen LogP) is 15.3. The van der Waals surface area contributed by atoms with Crippen LogP contribution in [0, 0.1) is 81.8 Å². The topological polar surface area (TPSA) is 77.8 Å². The number of halogens is 2. The molecule has 8 aliphatic rings. The Morgan fingerprint density at radius 3 is 1.40 bits per heavy atom. The van der Waals surface area contributed by atoms with E-state index in [0.29, 0.717) is 29.9 Å². The Labute approximate surface area is 418 Å². The van der Waals surface area contributed by atoms with Gasteiger partial charge in [-0.05, 0) is 233 Å². The molecule has 62 heavy (non-hydrogen) atoms. The number of aliphatic hydroxyl groups excluding tert-OH is 1. The fraction of sp³-hybridized carbons (Fsp3) is 0.981. The van der Waals surface area contributed by atoms with Gasteiger partial charge in [-0.15, -0.1) is 8.58 Å². The predicted molar refractivity (Wildman–Crippen MR) is 293 cm³/mol. The molecule has 3 N–H and O–H groups in total. The largest absolute Gasteiger partial charge is 0.393 e. The number of aliphatic hydroxyl groups is 3. The van der Waals surface area contributed by atoms with Gasteiger partial charge in [0.2, 0.25) is 0 Å². The second-order valence-electron chi connectivity index (χ2n) is 22.5. The molecule has 362 valence electrons. The average molecular weight is 1110 g/mol. The van der Waals surface area contributed by atoms with Crippen LogP contribution in [0.1, 0.15) is 205 Å². The first kappa shape index (κ1) is 57.9. The summed E-state index contributed by atoms with van der Waals surface area (Å²) in [6, 6.07) is 0. The minimum absolute atomic E-state index is 0. The van der Waals surface area contributed by atoms with Crippen LogP contribution >= 0.6 is 53.3 Å². The van der Waals surface area contributed by atoms with E-state index in [9.17, 15) is 20.1 Å². The van der Waals surface area contributed by atoms with Gasteiger partial charge < -0.3 is 15.3 Å². The van der Waals surface area contributed by atoms with E-state index in [-0.39, 0.29) is 18.9 Å². The molecular formula is C53H101B2I2O4P. The van der Waals surface area contributed by atoms with Crippen LogP contribution in [0.3, 0.4) is 0 Å². The van der Waals surface area contributed by atoms with E-state index in [1.807, 2.05) is 37.8 Å². The molecule has 4 nitrogen and oxygen atoms in total. The van der Waals surface area contributed by atoms with Crippen molar-refractivity contribution in [3.8, 4) is 0 Å². The first-order valence-electron chi connectivity index (χ1n) is 26.3. The maximum absolute atomic E-state index is 12.4. The van der Waals surface area contributed by atoms with Gasteiger partial charge >= 0.3 is 0 Å². The quantitative estimate of drug-likeness (QED) is 0.146. The zero-order chi connectivity index (χ0) is 46.5. The van der Waals surface area contributed by atoms with Crippen LogP contribution in [0.25, 0.3) is 0 Å². The molecule has 0 bridgehead atoms. The Kier molecular flexibility index (Phi) is 25.8. The highest BCUT2D eigenvalue weighted by Gasteiger charge is 2.57. The third-order valence-electron chi connectivity index (χ3n) is 18.6. The summed E-state index contributed by atoms with van der Waals surface area (Å²) in [5, 5.41) is 35.5. The minimum atomic E-state index is -0.417. The normalized spacial score (nSPS) is 44.5. The minimum Gasteiger partial charge on any atom is -0.393 e. The van der Waals surface area contributed by atoms with Crippen LogP contribution < -0.4 is 0 Å². The van der Waals surface area contributed by atoms with Crippen LogP contribution in [0.5, 0.6) is 0 Å². The van der Waals surface area contributed by atoms with Gasteiger partial charge in [0, 0.05) is 7.29 Å². The summed E-state index contributed by atoms with van der Waals surface area (Å²) < 4.78 is 6.21. The Hall–Kier alpha value is 1.57. The first-order chi connectivity index (χ1) is 29.3. The number of fused-ring (bicyclic) bond motifs is 10. The summed E-state index contributed by atoms with van der Waals surface area (Å²) in [5.74, 6) is 9.63. The molecule has 1 unspecified atom stereocenters. The van der Waals surface area contributed by atoms with Crippen molar-refractivity contribution in [1.29, 1.82) is 0 Å². The van der Waals surface area contributed by atoms with E-state index in [2.05, 4.69) is 85.8 Å². The zero-order valence-corrected chi connectivity index (χ0v) is 46.7. The van der Waals surface area contributed by atoms with Gasteiger partial charge in [-0.1, -0.05) is 74.4 Å². The third-order valence-corrected chi connectivity index (χ3v) is 18.6. The first-order valence-corrected chi connectivity index (χ1v) is 30.1. The molecule has 0 heterocycles. The highest BCUT2D eigenvalue weighted by Crippen LogP contribution is 2.64. The molecule has 17 atom stereocenters. The smallest absolute Gasteiger partial charge is 0.196 e. The highest BCUT2D eigenvalue weighted by molar-refractivity contribution is 14.1. The Morgan fingerprint density at radius 1 is 0.645 bits per heavy atom. The number of ketones is 1. The second kappa shape index (κ2) is 27.7. The van der Waals surface area contributed by atoms with Crippen molar-refractivity contribution in [3.05, 3.63) is 0 Å². The number of carbonyl (C=O) groups is 1.